The second-order valence-electron chi connectivity index (χ2n) is 9.30. The second kappa shape index (κ2) is 14.4. The fraction of sp³-hybridized carbons (Fsp3) is 0.310. The van der Waals surface area contributed by atoms with Crippen molar-refractivity contribution in [3.63, 3.8) is 0 Å². The van der Waals surface area contributed by atoms with Crippen molar-refractivity contribution in [2.45, 2.75) is 50.0 Å². The zero-order chi connectivity index (χ0) is 28.5. The molecule has 3 rings (SSSR count). The van der Waals surface area contributed by atoms with Gasteiger partial charge in [-0.05, 0) is 50.1 Å². The highest BCUT2D eigenvalue weighted by molar-refractivity contribution is 8.00. The molecule has 1 amide bonds. The van der Waals surface area contributed by atoms with Crippen molar-refractivity contribution in [3.8, 4) is 0 Å². The van der Waals surface area contributed by atoms with Crippen LogP contribution in [0.1, 0.15) is 41.8 Å². The molecule has 5 nitrogen and oxygen atoms in total. The van der Waals surface area contributed by atoms with Crippen molar-refractivity contribution in [1.29, 1.82) is 0 Å². The Morgan fingerprint density at radius 2 is 1.74 bits per heavy atom. The van der Waals surface area contributed by atoms with Crippen LogP contribution in [0.5, 0.6) is 0 Å². The highest BCUT2D eigenvalue weighted by Crippen LogP contribution is 2.34. The molecule has 0 aliphatic carbocycles. The fourth-order valence-electron chi connectivity index (χ4n) is 3.80. The smallest absolute Gasteiger partial charge is 0.255 e. The zero-order valence-corrected chi connectivity index (χ0v) is 23.7. The molecule has 10 heteroatoms. The third-order valence-corrected chi connectivity index (χ3v) is 7.79. The number of thioether (sulfide) groups is 1. The highest BCUT2D eigenvalue weighted by Gasteiger charge is 2.21. The summed E-state index contributed by atoms with van der Waals surface area (Å²) in [5.41, 5.74) is 2.29. The van der Waals surface area contributed by atoms with Crippen LogP contribution in [-0.4, -0.2) is 30.5 Å². The Morgan fingerprint density at radius 3 is 2.38 bits per heavy atom. The molecule has 0 saturated carbocycles. The summed E-state index contributed by atoms with van der Waals surface area (Å²) in [5, 5.41) is 10.4. The number of anilines is 1. The van der Waals surface area contributed by atoms with Gasteiger partial charge in [0.2, 0.25) is 0 Å². The topological polar surface area (TPSA) is 62.7 Å². The monoisotopic (exact) mass is 577 g/mol. The molecule has 39 heavy (non-hydrogen) atoms. The van der Waals surface area contributed by atoms with Gasteiger partial charge in [0, 0.05) is 45.8 Å². The van der Waals surface area contributed by atoms with E-state index in [9.17, 15) is 18.0 Å². The SMILES string of the molecule is CNC(CC(C)/C=N/OCc1ccc(C)cc1)C(C)Sc1cc(C(=O)Nc2cc(F)c(F)c(F)c2)ccc1Cl. The van der Waals surface area contributed by atoms with E-state index in [1.807, 2.05) is 38.2 Å². The molecule has 3 atom stereocenters. The molecule has 0 spiro atoms. The number of rotatable bonds is 12. The Balaban J connectivity index is 1.58. The van der Waals surface area contributed by atoms with Crippen LogP contribution in [0.15, 0.2) is 64.6 Å². The van der Waals surface area contributed by atoms with Gasteiger partial charge in [0.05, 0.1) is 5.02 Å². The maximum Gasteiger partial charge on any atom is 0.255 e. The molecule has 0 saturated heterocycles. The van der Waals surface area contributed by atoms with E-state index < -0.39 is 23.4 Å². The lowest BCUT2D eigenvalue weighted by molar-refractivity contribution is 0.102. The summed E-state index contributed by atoms with van der Waals surface area (Å²) in [6.07, 6.45) is 2.57. The average molecular weight is 578 g/mol. The van der Waals surface area contributed by atoms with Crippen LogP contribution in [0.2, 0.25) is 5.02 Å². The van der Waals surface area contributed by atoms with Crippen molar-refractivity contribution in [1.82, 2.24) is 5.32 Å². The van der Waals surface area contributed by atoms with Gasteiger partial charge in [0.25, 0.3) is 5.91 Å². The van der Waals surface area contributed by atoms with Crippen LogP contribution >= 0.6 is 23.4 Å². The number of nitrogens with zero attached hydrogens (tertiary/aromatic N) is 1. The summed E-state index contributed by atoms with van der Waals surface area (Å²) in [6, 6.07) is 14.3. The van der Waals surface area contributed by atoms with Crippen LogP contribution in [0, 0.1) is 30.3 Å². The number of aryl methyl sites for hydroxylation is 1. The van der Waals surface area contributed by atoms with Crippen LogP contribution in [-0.2, 0) is 11.4 Å². The summed E-state index contributed by atoms with van der Waals surface area (Å²) >= 11 is 7.91. The van der Waals surface area contributed by atoms with E-state index in [1.54, 1.807) is 18.3 Å². The van der Waals surface area contributed by atoms with E-state index in [1.165, 1.54) is 23.4 Å². The summed E-state index contributed by atoms with van der Waals surface area (Å²) < 4.78 is 40.2. The van der Waals surface area contributed by atoms with Gasteiger partial charge in [-0.2, -0.15) is 0 Å². The van der Waals surface area contributed by atoms with Crippen molar-refractivity contribution in [3.05, 3.63) is 93.8 Å². The first-order valence-electron chi connectivity index (χ1n) is 12.4. The van der Waals surface area contributed by atoms with Crippen molar-refractivity contribution >= 4 is 41.2 Å². The van der Waals surface area contributed by atoms with Crippen molar-refractivity contribution in [2.75, 3.05) is 12.4 Å². The second-order valence-corrected chi connectivity index (χ2v) is 11.1. The number of hydrogen-bond donors (Lipinski definition) is 2. The molecule has 0 fully saturated rings. The molecule has 0 aliphatic heterocycles. The van der Waals surface area contributed by atoms with E-state index in [-0.39, 0.29) is 28.5 Å². The molecule has 0 heterocycles. The van der Waals surface area contributed by atoms with Gasteiger partial charge in [-0.15, -0.1) is 11.8 Å². The molecular weight excluding hydrogens is 547 g/mol. The number of carbonyl (C=O) groups excluding carboxylic acids is 1. The fourth-order valence-corrected chi connectivity index (χ4v) is 5.24. The molecule has 3 unspecified atom stereocenters. The Morgan fingerprint density at radius 1 is 1.08 bits per heavy atom. The predicted molar refractivity (Wildman–Crippen MR) is 152 cm³/mol. The van der Waals surface area contributed by atoms with Gasteiger partial charge >= 0.3 is 0 Å². The molecule has 0 aromatic heterocycles. The summed E-state index contributed by atoms with van der Waals surface area (Å²) in [4.78, 5) is 18.8. The molecular formula is C29H31ClF3N3O2S. The van der Waals surface area contributed by atoms with Crippen LogP contribution in [0.3, 0.4) is 0 Å². The Labute approximate surface area is 236 Å². The van der Waals surface area contributed by atoms with Gasteiger partial charge in [-0.25, -0.2) is 13.2 Å². The Kier molecular flexibility index (Phi) is 11.3. The molecule has 208 valence electrons. The number of benzene rings is 3. The molecule has 0 aliphatic rings. The predicted octanol–water partition coefficient (Wildman–Crippen LogP) is 7.62. The molecule has 3 aromatic rings. The number of nitrogens with one attached hydrogen (secondary N) is 2. The van der Waals surface area contributed by atoms with E-state index in [0.717, 1.165) is 24.1 Å². The van der Waals surface area contributed by atoms with Crippen LogP contribution < -0.4 is 10.6 Å². The third kappa shape index (κ3) is 9.02. The lowest BCUT2D eigenvalue weighted by Gasteiger charge is -2.25. The Bertz CT molecular complexity index is 1280. The number of oxime groups is 1. The Hall–Kier alpha value is -3.01. The number of hydrogen-bond acceptors (Lipinski definition) is 5. The first kappa shape index (κ1) is 30.5. The standard InChI is InChI=1S/C29H31ClF3N3O2S/c1-17-5-7-20(8-6-17)16-38-35-15-18(2)11-26(34-4)19(3)39-27-12-21(9-10-23(27)30)29(37)36-22-13-24(31)28(33)25(32)14-22/h5-10,12-15,18-19,26,34H,11,16H2,1-4H3,(H,36,37)/b35-15+. The van der Waals surface area contributed by atoms with Gasteiger partial charge in [-0.1, -0.05) is 60.4 Å². The van der Waals surface area contributed by atoms with Gasteiger partial charge in [0.1, 0.15) is 6.61 Å². The van der Waals surface area contributed by atoms with Crippen molar-refractivity contribution < 1.29 is 22.8 Å². The first-order valence-corrected chi connectivity index (χ1v) is 13.6. The van der Waals surface area contributed by atoms with E-state index in [4.69, 9.17) is 16.4 Å². The van der Waals surface area contributed by atoms with Gasteiger partial charge in [-0.3, -0.25) is 4.79 Å². The van der Waals surface area contributed by atoms with Crippen LogP contribution in [0.4, 0.5) is 18.9 Å². The van der Waals surface area contributed by atoms with E-state index >= 15 is 0 Å². The normalized spacial score (nSPS) is 13.7. The largest absolute Gasteiger partial charge is 0.391 e. The number of carbonyl (C=O) groups is 1. The van der Waals surface area contributed by atoms with Crippen LogP contribution in [0.25, 0.3) is 0 Å². The minimum atomic E-state index is -1.60. The minimum absolute atomic E-state index is 0.0652. The quantitative estimate of drug-likeness (QED) is 0.101. The molecule has 3 aromatic carbocycles. The van der Waals surface area contributed by atoms with Gasteiger partial charge < -0.3 is 15.5 Å². The molecule has 0 bridgehead atoms. The zero-order valence-electron chi connectivity index (χ0n) is 22.1. The van der Waals surface area contributed by atoms with E-state index in [2.05, 4.69) is 29.6 Å². The maximum atomic E-state index is 13.5. The third-order valence-electron chi connectivity index (χ3n) is 6.05. The molecule has 2 N–H and O–H groups in total. The van der Waals surface area contributed by atoms with Gasteiger partial charge in [0.15, 0.2) is 17.5 Å². The molecule has 0 radical (unpaired) electrons. The summed E-state index contributed by atoms with van der Waals surface area (Å²) in [7, 11) is 1.88. The van der Waals surface area contributed by atoms with Crippen molar-refractivity contribution in [2.24, 2.45) is 11.1 Å². The number of amides is 1. The number of halogens is 4. The van der Waals surface area contributed by atoms with E-state index in [0.29, 0.717) is 16.5 Å². The summed E-state index contributed by atoms with van der Waals surface area (Å²) in [6.45, 7) is 6.54. The average Bonchev–Trinajstić information content (AvgIpc) is 2.90. The highest BCUT2D eigenvalue weighted by atomic mass is 35.5. The maximum absolute atomic E-state index is 13.5. The summed E-state index contributed by atoms with van der Waals surface area (Å²) in [5.74, 6) is -4.84. The lowest BCUT2D eigenvalue weighted by atomic mass is 10.0. The lowest BCUT2D eigenvalue weighted by Crippen LogP contribution is -2.35. The first-order chi connectivity index (χ1) is 18.6. The minimum Gasteiger partial charge on any atom is -0.391 e.